The highest BCUT2D eigenvalue weighted by Gasteiger charge is 2.37. The van der Waals surface area contributed by atoms with Crippen LogP contribution in [0.25, 0.3) is 0 Å². The fourth-order valence-corrected chi connectivity index (χ4v) is 4.00. The molecule has 0 aliphatic carbocycles. The normalized spacial score (nSPS) is 19.8. The van der Waals surface area contributed by atoms with Crippen LogP contribution in [-0.2, 0) is 17.6 Å². The highest BCUT2D eigenvalue weighted by atomic mass is 32.1. The average molecular weight is 293 g/mol. The van der Waals surface area contributed by atoms with Crippen LogP contribution in [0.15, 0.2) is 12.1 Å². The van der Waals surface area contributed by atoms with Crippen molar-refractivity contribution >= 4 is 17.1 Å². The maximum atomic E-state index is 12.8. The Morgan fingerprint density at radius 3 is 2.40 bits per heavy atom. The van der Waals surface area contributed by atoms with Gasteiger partial charge in [-0.25, -0.2) is 0 Å². The van der Waals surface area contributed by atoms with Crippen LogP contribution in [0.5, 0.6) is 0 Å². The molecule has 0 N–H and O–H groups in total. The molecule has 3 heteroatoms. The Bertz CT molecular complexity index is 448. The Balaban J connectivity index is 2.07. The summed E-state index contributed by atoms with van der Waals surface area (Å²) in [5.41, 5.74) is -0.267. The highest BCUT2D eigenvalue weighted by molar-refractivity contribution is 7.12. The van der Waals surface area contributed by atoms with Crippen molar-refractivity contribution in [1.29, 1.82) is 0 Å². The van der Waals surface area contributed by atoms with Crippen molar-refractivity contribution < 1.29 is 4.79 Å². The first-order valence-corrected chi connectivity index (χ1v) is 8.77. The minimum absolute atomic E-state index is 0.267. The first kappa shape index (κ1) is 15.7. The van der Waals surface area contributed by atoms with Crippen molar-refractivity contribution in [2.24, 2.45) is 0 Å². The minimum Gasteiger partial charge on any atom is -0.297 e. The summed E-state index contributed by atoms with van der Waals surface area (Å²) in [4.78, 5) is 17.9. The SMILES string of the molecule is CCc1ccc(CC(=O)C(C)(CC)N2CCCCC2)s1. The molecule has 1 aromatic rings. The molecule has 0 bridgehead atoms. The van der Waals surface area contributed by atoms with Gasteiger partial charge in [0.25, 0.3) is 0 Å². The van der Waals surface area contributed by atoms with E-state index in [1.54, 1.807) is 11.3 Å². The van der Waals surface area contributed by atoms with Gasteiger partial charge in [0.1, 0.15) is 0 Å². The first-order valence-electron chi connectivity index (χ1n) is 7.96. The van der Waals surface area contributed by atoms with Crippen LogP contribution in [0.1, 0.15) is 56.2 Å². The number of aryl methyl sites for hydroxylation is 1. The molecule has 0 saturated carbocycles. The highest BCUT2D eigenvalue weighted by Crippen LogP contribution is 2.28. The van der Waals surface area contributed by atoms with E-state index in [-0.39, 0.29) is 5.54 Å². The molecule has 0 amide bonds. The Kier molecular flexibility index (Phi) is 5.39. The van der Waals surface area contributed by atoms with Gasteiger partial charge in [-0.05, 0) is 57.8 Å². The molecule has 2 rings (SSSR count). The number of piperidine rings is 1. The number of rotatable bonds is 6. The number of thiophene rings is 1. The number of likely N-dealkylation sites (tertiary alicyclic amines) is 1. The van der Waals surface area contributed by atoms with E-state index in [0.717, 1.165) is 25.9 Å². The van der Waals surface area contributed by atoms with E-state index in [1.165, 1.54) is 29.0 Å². The van der Waals surface area contributed by atoms with Crippen molar-refractivity contribution in [2.45, 2.75) is 64.8 Å². The summed E-state index contributed by atoms with van der Waals surface area (Å²) >= 11 is 1.80. The number of carbonyl (C=O) groups excluding carboxylic acids is 1. The summed E-state index contributed by atoms with van der Waals surface area (Å²) in [6, 6.07) is 4.30. The van der Waals surface area contributed by atoms with Crippen molar-refractivity contribution in [3.05, 3.63) is 21.9 Å². The van der Waals surface area contributed by atoms with Crippen LogP contribution in [-0.4, -0.2) is 29.3 Å². The molecule has 1 atom stereocenters. The number of hydrogen-bond donors (Lipinski definition) is 0. The largest absolute Gasteiger partial charge is 0.297 e. The van der Waals surface area contributed by atoms with Gasteiger partial charge in [0, 0.05) is 16.2 Å². The summed E-state index contributed by atoms with van der Waals surface area (Å²) in [6.07, 6.45) is 6.37. The predicted molar refractivity (Wildman–Crippen MR) is 86.5 cm³/mol. The lowest BCUT2D eigenvalue weighted by atomic mass is 9.87. The summed E-state index contributed by atoms with van der Waals surface area (Å²) < 4.78 is 0. The summed E-state index contributed by atoms with van der Waals surface area (Å²) in [6.45, 7) is 8.64. The Morgan fingerprint density at radius 2 is 1.85 bits per heavy atom. The minimum atomic E-state index is -0.267. The number of Topliss-reactive ketones (excluding diaryl/α,β-unsaturated/α-hetero) is 1. The van der Waals surface area contributed by atoms with E-state index in [2.05, 4.69) is 37.8 Å². The van der Waals surface area contributed by atoms with Gasteiger partial charge in [0.15, 0.2) is 5.78 Å². The lowest BCUT2D eigenvalue weighted by Gasteiger charge is -2.41. The average Bonchev–Trinajstić information content (AvgIpc) is 2.94. The Hall–Kier alpha value is -0.670. The molecule has 1 unspecified atom stereocenters. The third kappa shape index (κ3) is 3.32. The van der Waals surface area contributed by atoms with Gasteiger partial charge in [-0.15, -0.1) is 11.3 Å². The van der Waals surface area contributed by atoms with Gasteiger partial charge in [0.05, 0.1) is 5.54 Å². The Morgan fingerprint density at radius 1 is 1.20 bits per heavy atom. The maximum Gasteiger partial charge on any atom is 0.157 e. The summed E-state index contributed by atoms with van der Waals surface area (Å²) in [5.74, 6) is 0.395. The van der Waals surface area contributed by atoms with Gasteiger partial charge < -0.3 is 0 Å². The fraction of sp³-hybridized carbons (Fsp3) is 0.706. The van der Waals surface area contributed by atoms with Crippen LogP contribution in [0, 0.1) is 0 Å². The van der Waals surface area contributed by atoms with Crippen molar-refractivity contribution in [1.82, 2.24) is 4.90 Å². The molecule has 2 heterocycles. The maximum absolute atomic E-state index is 12.8. The quantitative estimate of drug-likeness (QED) is 0.788. The van der Waals surface area contributed by atoms with E-state index in [1.807, 2.05) is 0 Å². The van der Waals surface area contributed by atoms with E-state index in [0.29, 0.717) is 12.2 Å². The molecule has 1 aliphatic heterocycles. The van der Waals surface area contributed by atoms with Gasteiger partial charge >= 0.3 is 0 Å². The molecule has 0 spiro atoms. The van der Waals surface area contributed by atoms with E-state index >= 15 is 0 Å². The number of nitrogens with zero attached hydrogens (tertiary/aromatic N) is 1. The zero-order valence-electron chi connectivity index (χ0n) is 13.1. The van der Waals surface area contributed by atoms with Crippen LogP contribution < -0.4 is 0 Å². The van der Waals surface area contributed by atoms with Crippen molar-refractivity contribution in [3.8, 4) is 0 Å². The molecule has 1 aromatic heterocycles. The summed E-state index contributed by atoms with van der Waals surface area (Å²) in [5, 5.41) is 0. The van der Waals surface area contributed by atoms with Gasteiger partial charge in [0.2, 0.25) is 0 Å². The standard InChI is InChI=1S/C17H27NOS/c1-4-14-9-10-15(20-14)13-16(19)17(3,5-2)18-11-7-6-8-12-18/h9-10H,4-8,11-13H2,1-3H3. The van der Waals surface area contributed by atoms with E-state index in [4.69, 9.17) is 0 Å². The molecule has 20 heavy (non-hydrogen) atoms. The molecular formula is C17H27NOS. The molecule has 112 valence electrons. The smallest absolute Gasteiger partial charge is 0.157 e. The van der Waals surface area contributed by atoms with Crippen molar-refractivity contribution in [3.63, 3.8) is 0 Å². The molecule has 2 nitrogen and oxygen atoms in total. The second-order valence-electron chi connectivity index (χ2n) is 6.00. The van der Waals surface area contributed by atoms with Gasteiger partial charge in [-0.2, -0.15) is 0 Å². The zero-order valence-corrected chi connectivity index (χ0v) is 13.9. The molecule has 1 saturated heterocycles. The fourth-order valence-electron chi connectivity index (χ4n) is 3.04. The van der Waals surface area contributed by atoms with Gasteiger partial charge in [-0.1, -0.05) is 20.3 Å². The zero-order chi connectivity index (χ0) is 14.6. The summed E-state index contributed by atoms with van der Waals surface area (Å²) in [7, 11) is 0. The van der Waals surface area contributed by atoms with Crippen LogP contribution >= 0.6 is 11.3 Å². The third-order valence-corrected chi connectivity index (χ3v) is 5.97. The van der Waals surface area contributed by atoms with Gasteiger partial charge in [-0.3, -0.25) is 9.69 Å². The monoisotopic (exact) mass is 293 g/mol. The number of ketones is 1. The molecule has 1 fully saturated rings. The van der Waals surface area contributed by atoms with E-state index in [9.17, 15) is 4.79 Å². The van der Waals surface area contributed by atoms with E-state index < -0.39 is 0 Å². The molecule has 0 aromatic carbocycles. The van der Waals surface area contributed by atoms with Crippen LogP contribution in [0.4, 0.5) is 0 Å². The third-order valence-electron chi connectivity index (χ3n) is 4.74. The lowest BCUT2D eigenvalue weighted by molar-refractivity contribution is -0.130. The molecule has 0 radical (unpaired) electrons. The first-order chi connectivity index (χ1) is 9.60. The van der Waals surface area contributed by atoms with Crippen molar-refractivity contribution in [2.75, 3.05) is 13.1 Å². The lowest BCUT2D eigenvalue weighted by Crippen LogP contribution is -2.54. The topological polar surface area (TPSA) is 20.3 Å². The Labute approximate surface area is 127 Å². The molecule has 1 aliphatic rings. The number of hydrogen-bond acceptors (Lipinski definition) is 3. The predicted octanol–water partition coefficient (Wildman–Crippen LogP) is 4.08. The molecular weight excluding hydrogens is 266 g/mol. The second-order valence-corrected chi connectivity index (χ2v) is 7.25. The number of carbonyl (C=O) groups is 1. The second kappa shape index (κ2) is 6.86. The van der Waals surface area contributed by atoms with Crippen LogP contribution in [0.2, 0.25) is 0 Å². The van der Waals surface area contributed by atoms with Crippen LogP contribution in [0.3, 0.4) is 0 Å².